The topological polar surface area (TPSA) is 535 Å². The molecule has 10 rings (SSSR count). The maximum absolute atomic E-state index is 12.4. The van der Waals surface area contributed by atoms with Crippen LogP contribution in [0.2, 0.25) is 0 Å². The predicted molar refractivity (Wildman–Crippen MR) is 478 cm³/mol. The number of primary amides is 1. The van der Waals surface area contributed by atoms with Gasteiger partial charge in [0.15, 0.2) is 0 Å². The van der Waals surface area contributed by atoms with Crippen LogP contribution in [0.5, 0.6) is 0 Å². The van der Waals surface area contributed by atoms with E-state index in [0.717, 1.165) is 101 Å². The zero-order chi connectivity index (χ0) is 96.8. The summed E-state index contributed by atoms with van der Waals surface area (Å²) in [6.45, 7) is 20.2. The van der Waals surface area contributed by atoms with E-state index < -0.39 is 83.5 Å². The number of aromatic nitrogens is 1. The second kappa shape index (κ2) is 58.8. The van der Waals surface area contributed by atoms with E-state index in [1.54, 1.807) is 34.3 Å². The van der Waals surface area contributed by atoms with Crippen molar-refractivity contribution < 1.29 is 123 Å². The van der Waals surface area contributed by atoms with E-state index in [2.05, 4.69) is 62.8 Å². The standard InChI is InChI=1S/C25H33N5O5.C24H40N4O2.C20H31N5O10.C20H29N3O6.CO2/c1-18-5-7-19(8-6-18)11-22-14-29(15-23(26)31)10-9-28(16-24(32)33)12-20-3-2-4-21(27-20)13-30(22)17-25(34)35;1-21-5-7-22(8-6-21)9-10-23(24(29)30)28-14-4-13-26-16-15-25(2)11-3-12-27(18-17-26)19-20-28;26-15-1-2-16(27)25(15)35-20(34)14-24-9-7-22(12-18(30)31)5-3-21(11-17(28)29)4-6-23(8-10-24)13-19(32)33;1-15-2-4-16(5-3-15)10-17-11-22(13-19(26)27)7-6-21(12-18(24)25)8-9-23(17)14-20(28)29;2-1-3/h2-8,22H,9-17H2,1H3,(H2,26,31)(H,32,33)(H,34,35);5-8,23H,3-4,9-20H2,1-2H3,(H,29,30);1-14H2,(H,28,29)(H,30,31)(H,32,33);2-5,17H,6-14H2,1H3,(H,24,25)(H,26,27)(H,28,29);. The maximum Gasteiger partial charge on any atom is 0.373 e. The molecule has 5 fully saturated rings. The Balaban J connectivity index is 0.000000269. The van der Waals surface area contributed by atoms with Crippen molar-refractivity contribution in [2.45, 2.75) is 103 Å². The Bertz CT molecular complexity index is 4330. The van der Waals surface area contributed by atoms with E-state index in [9.17, 15) is 103 Å². The van der Waals surface area contributed by atoms with Crippen LogP contribution in [0.15, 0.2) is 91.0 Å². The maximum atomic E-state index is 12.4. The fourth-order valence-corrected chi connectivity index (χ4v) is 16.4. The van der Waals surface area contributed by atoms with Gasteiger partial charge in [-0.2, -0.15) is 9.59 Å². The predicted octanol–water partition coefficient (Wildman–Crippen LogP) is -0.834. The molecule has 0 radical (unpaired) electrons. The number of likely N-dealkylation sites (N-methyl/N-ethyl adjacent to an activating group) is 1. The lowest BCUT2D eigenvalue weighted by molar-refractivity contribution is -0.198. The van der Waals surface area contributed by atoms with Crippen molar-refractivity contribution in [3.05, 3.63) is 136 Å². The molecule has 6 aliphatic heterocycles. The number of nitrogens with two attached hydrogens (primary N) is 1. The first-order chi connectivity index (χ1) is 62.8. The number of fused-ring (bicyclic) bond motifs is 5. The SMILES string of the molecule is Cc1ccc(CC2CN(CC(=O)O)CCN(CC(=O)O)CCN2CC(=O)O)cc1.Cc1ccc(CC2CN(CC(N)=O)CCN(CC(=O)O)Cc3cccc(n3)CN2CC(=O)O)cc1.Cc1ccc(CCC(C(=O)O)N2CCCN3CCN(C)CCCN(CC3)CC2)cc1.O=C(O)CN1CCN(CC(=O)O)CCN(CC(=O)ON2C(=O)CCC2=O)CCN(CC(=O)O)CC1.O=C=O. The minimum atomic E-state index is -1.06. The third kappa shape index (κ3) is 44.4. The molecule has 42 nitrogen and oxygen atoms in total. The van der Waals surface area contributed by atoms with Crippen molar-refractivity contribution in [1.29, 1.82) is 0 Å². The van der Waals surface area contributed by atoms with Gasteiger partial charge in [0, 0.05) is 189 Å². The molecule has 0 saturated carbocycles. The molecule has 3 aromatic carbocycles. The summed E-state index contributed by atoms with van der Waals surface area (Å²) in [5, 5.41) is 84.9. The lowest BCUT2D eigenvalue weighted by atomic mass is 10.0. The third-order valence-electron chi connectivity index (χ3n) is 23.3. The van der Waals surface area contributed by atoms with Gasteiger partial charge in [0.05, 0.1) is 76.8 Å². The molecule has 0 spiro atoms. The monoisotopic (exact) mass is 1850 g/mol. The van der Waals surface area contributed by atoms with Gasteiger partial charge in [-0.15, -0.1) is 5.06 Å². The normalized spacial score (nSPS) is 20.6. The van der Waals surface area contributed by atoms with Crippen LogP contribution in [0.1, 0.15) is 76.9 Å². The van der Waals surface area contributed by atoms with Crippen molar-refractivity contribution in [2.75, 3.05) is 243 Å². The van der Waals surface area contributed by atoms with E-state index in [0.29, 0.717) is 101 Å². The van der Waals surface area contributed by atoms with E-state index >= 15 is 0 Å². The molecule has 4 aromatic rings. The van der Waals surface area contributed by atoms with Gasteiger partial charge in [-0.05, 0) is 115 Å². The first kappa shape index (κ1) is 110. The number of aryl methyl sites for hydroxylation is 4. The van der Waals surface area contributed by atoms with Gasteiger partial charge in [-0.1, -0.05) is 95.6 Å². The number of amides is 3. The highest BCUT2D eigenvalue weighted by molar-refractivity contribution is 6.01. The fourth-order valence-electron chi connectivity index (χ4n) is 16.4. The minimum absolute atomic E-state index is 0.00420. The number of hydrogen-bond donors (Lipinski definition) is 10. The number of hydrogen-bond acceptors (Lipinski definition) is 31. The smallest absolute Gasteiger partial charge is 0.373 e. The largest absolute Gasteiger partial charge is 0.480 e. The van der Waals surface area contributed by atoms with Crippen LogP contribution < -0.4 is 5.73 Å². The van der Waals surface area contributed by atoms with Crippen LogP contribution in [0.3, 0.4) is 0 Å². The summed E-state index contributed by atoms with van der Waals surface area (Å²) in [7, 11) is 2.23. The molecule has 5 atom stereocenters. The number of carboxylic acid groups (broad SMARTS) is 9. The van der Waals surface area contributed by atoms with Gasteiger partial charge in [0.1, 0.15) is 6.04 Å². The zero-order valence-electron chi connectivity index (χ0n) is 76.2. The van der Waals surface area contributed by atoms with E-state index in [-0.39, 0.29) is 149 Å². The van der Waals surface area contributed by atoms with Gasteiger partial charge in [-0.25, -0.2) is 4.79 Å². The number of nitrogens with zero attached hydrogens (tertiary/aromatic N) is 16. The van der Waals surface area contributed by atoms with Crippen LogP contribution >= 0.6 is 0 Å². The Morgan fingerprint density at radius 2 is 0.742 bits per heavy atom. The van der Waals surface area contributed by atoms with Crippen molar-refractivity contribution in [3.8, 4) is 0 Å². The van der Waals surface area contributed by atoms with Gasteiger partial charge >= 0.3 is 65.8 Å². The molecule has 4 bridgehead atoms. The highest BCUT2D eigenvalue weighted by atomic mass is 16.7. The van der Waals surface area contributed by atoms with Crippen LogP contribution in [0.4, 0.5) is 0 Å². The lowest BCUT2D eigenvalue weighted by Crippen LogP contribution is -2.50. The number of benzene rings is 3. The summed E-state index contributed by atoms with van der Waals surface area (Å²) in [6, 6.07) is 29.2. The number of aliphatic carboxylic acids is 9. The number of hydroxylamine groups is 2. The Morgan fingerprint density at radius 1 is 0.394 bits per heavy atom. The molecule has 132 heavy (non-hydrogen) atoms. The Morgan fingerprint density at radius 3 is 1.17 bits per heavy atom. The molecule has 11 N–H and O–H groups in total. The Kier molecular flexibility index (Phi) is 48.8. The minimum Gasteiger partial charge on any atom is -0.480 e. The first-order valence-corrected chi connectivity index (χ1v) is 44.4. The van der Waals surface area contributed by atoms with Gasteiger partial charge in [0.25, 0.3) is 11.8 Å². The number of rotatable bonds is 30. The fraction of sp³-hybridized carbons (Fsp3) is 0.589. The van der Waals surface area contributed by atoms with E-state index in [1.165, 1.54) is 17.5 Å². The molecule has 5 saturated heterocycles. The summed E-state index contributed by atoms with van der Waals surface area (Å²) >= 11 is 0. The average Bonchev–Trinajstić information content (AvgIpc) is 1.26. The van der Waals surface area contributed by atoms with Crippen LogP contribution in [0.25, 0.3) is 0 Å². The molecule has 0 aliphatic carbocycles. The molecule has 1 aromatic heterocycles. The summed E-state index contributed by atoms with van der Waals surface area (Å²) < 4.78 is 0. The third-order valence-corrected chi connectivity index (χ3v) is 23.3. The van der Waals surface area contributed by atoms with Crippen molar-refractivity contribution in [1.82, 2.24) is 78.6 Å². The van der Waals surface area contributed by atoms with Crippen LogP contribution in [-0.4, -0.2) is 469 Å². The summed E-state index contributed by atoms with van der Waals surface area (Å²) in [4.78, 5) is 204. The summed E-state index contributed by atoms with van der Waals surface area (Å²) in [5.41, 5.74) is 13.8. The molecule has 6 aliphatic rings. The second-order valence-electron chi connectivity index (χ2n) is 34.1. The Labute approximate surface area is 769 Å². The van der Waals surface area contributed by atoms with Crippen molar-refractivity contribution in [2.24, 2.45) is 5.73 Å². The van der Waals surface area contributed by atoms with E-state index in [4.69, 9.17) is 25.3 Å². The lowest BCUT2D eigenvalue weighted by Gasteiger charge is -2.36. The quantitative estimate of drug-likeness (QED) is 0.0285. The Hall–Kier alpha value is -11.1. The van der Waals surface area contributed by atoms with Gasteiger partial charge in [-0.3, -0.25) is 116 Å². The average molecular weight is 1850 g/mol. The number of carboxylic acids is 9. The number of carbonyl (C=O) groups excluding carboxylic acids is 6. The number of carbonyl (C=O) groups is 13. The first-order valence-electron chi connectivity index (χ1n) is 44.4. The second-order valence-corrected chi connectivity index (χ2v) is 34.1. The zero-order valence-corrected chi connectivity index (χ0v) is 76.2. The number of pyridine rings is 1. The summed E-state index contributed by atoms with van der Waals surface area (Å²) in [5.74, 6) is -11.2. The van der Waals surface area contributed by atoms with Gasteiger partial charge in [0.2, 0.25) is 5.91 Å². The number of imide groups is 1. The summed E-state index contributed by atoms with van der Waals surface area (Å²) in [6.07, 6.45) is 5.04. The molecule has 5 unspecified atom stereocenters. The van der Waals surface area contributed by atoms with Crippen LogP contribution in [-0.2, 0) is 109 Å². The molecule has 7 heterocycles. The highest BCUT2D eigenvalue weighted by Crippen LogP contribution is 2.22. The van der Waals surface area contributed by atoms with E-state index in [1.807, 2.05) is 95.3 Å². The molecular weight excluding hydrogens is 1720 g/mol. The van der Waals surface area contributed by atoms with Crippen molar-refractivity contribution in [3.63, 3.8) is 0 Å². The van der Waals surface area contributed by atoms with Gasteiger partial charge < -0.3 is 71.2 Å². The van der Waals surface area contributed by atoms with Crippen molar-refractivity contribution >= 4 is 83.6 Å². The molecular formula is C90H133N17O25. The molecule has 728 valence electrons. The molecule has 42 heteroatoms. The van der Waals surface area contributed by atoms with Crippen LogP contribution in [0, 0.1) is 20.8 Å². The molecule has 3 amide bonds. The highest BCUT2D eigenvalue weighted by Gasteiger charge is 2.36.